The Morgan fingerprint density at radius 1 is 1.17 bits per heavy atom. The van der Waals surface area contributed by atoms with Gasteiger partial charge in [0.05, 0.1) is 5.69 Å². The number of carbonyl (C=O) groups excluding carboxylic acids is 1. The molecule has 0 aliphatic heterocycles. The van der Waals surface area contributed by atoms with Crippen LogP contribution in [0.15, 0.2) is 0 Å². The van der Waals surface area contributed by atoms with Crippen molar-refractivity contribution in [2.24, 2.45) is 24.8 Å². The molecule has 1 heterocycles. The highest BCUT2D eigenvalue weighted by Gasteiger charge is 2.54. The van der Waals surface area contributed by atoms with Gasteiger partial charge in [-0.05, 0) is 82.5 Å². The minimum absolute atomic E-state index is 0.149. The summed E-state index contributed by atoms with van der Waals surface area (Å²) in [7, 11) is 1.96. The van der Waals surface area contributed by atoms with Crippen LogP contribution in [0.1, 0.15) is 73.6 Å². The van der Waals surface area contributed by atoms with Gasteiger partial charge in [0.15, 0.2) is 0 Å². The quantitative estimate of drug-likeness (QED) is 0.854. The molecule has 130 valence electrons. The highest BCUT2D eigenvalue weighted by molar-refractivity contribution is 5.95. The lowest BCUT2D eigenvalue weighted by Gasteiger charge is -2.60. The van der Waals surface area contributed by atoms with E-state index < -0.39 is 0 Å². The van der Waals surface area contributed by atoms with E-state index in [0.29, 0.717) is 0 Å². The first-order valence-corrected chi connectivity index (χ1v) is 9.96. The molecule has 0 unspecified atom stereocenters. The molecule has 0 saturated heterocycles. The summed E-state index contributed by atoms with van der Waals surface area (Å²) in [5, 5.41) is 4.64. The first kappa shape index (κ1) is 15.0. The van der Waals surface area contributed by atoms with Crippen LogP contribution >= 0.6 is 0 Å². The molecule has 4 bridgehead atoms. The lowest BCUT2D eigenvalue weighted by molar-refractivity contribution is -0.0734. The molecule has 0 atom stereocenters. The number of nitrogens with zero attached hydrogens (tertiary/aromatic N) is 3. The standard InChI is InChI=1S/C20H29N3O/c1-3-23(19(24)18-16-5-4-6-17(16)21-22(18)2)20-10-13-7-14(11-20)9-15(8-13)12-20/h13-15H,3-12H2,1-2H3. The molecule has 5 aliphatic carbocycles. The van der Waals surface area contributed by atoms with E-state index in [1.807, 2.05) is 11.7 Å². The summed E-state index contributed by atoms with van der Waals surface area (Å²) in [4.78, 5) is 15.9. The number of amides is 1. The van der Waals surface area contributed by atoms with E-state index in [1.54, 1.807) is 0 Å². The van der Waals surface area contributed by atoms with Crippen LogP contribution < -0.4 is 0 Å². The minimum Gasteiger partial charge on any atom is -0.332 e. The predicted octanol–water partition coefficient (Wildman–Crippen LogP) is 3.34. The van der Waals surface area contributed by atoms with Gasteiger partial charge in [-0.2, -0.15) is 5.10 Å². The lowest BCUT2D eigenvalue weighted by Crippen LogP contribution is -2.61. The second-order valence-corrected chi connectivity index (χ2v) is 8.94. The third kappa shape index (κ3) is 1.98. The minimum atomic E-state index is 0.149. The van der Waals surface area contributed by atoms with Crippen LogP contribution in [-0.2, 0) is 19.9 Å². The van der Waals surface area contributed by atoms with Crippen LogP contribution in [0.2, 0.25) is 0 Å². The van der Waals surface area contributed by atoms with E-state index in [2.05, 4.69) is 16.9 Å². The van der Waals surface area contributed by atoms with Crippen LogP contribution in [0, 0.1) is 17.8 Å². The van der Waals surface area contributed by atoms with E-state index in [0.717, 1.165) is 49.3 Å². The molecule has 4 nitrogen and oxygen atoms in total. The summed E-state index contributed by atoms with van der Waals surface area (Å²) in [6.45, 7) is 3.01. The van der Waals surface area contributed by atoms with Crippen LogP contribution in [0.4, 0.5) is 0 Å². The summed E-state index contributed by atoms with van der Waals surface area (Å²) in [6.07, 6.45) is 11.2. The maximum absolute atomic E-state index is 13.6. The molecule has 0 N–H and O–H groups in total. The van der Waals surface area contributed by atoms with Gasteiger partial charge in [0.1, 0.15) is 5.69 Å². The average Bonchev–Trinajstić information content (AvgIpc) is 3.05. The predicted molar refractivity (Wildman–Crippen MR) is 92.8 cm³/mol. The number of aromatic nitrogens is 2. The molecule has 1 aromatic rings. The smallest absolute Gasteiger partial charge is 0.272 e. The molecule has 6 rings (SSSR count). The fourth-order valence-electron chi connectivity index (χ4n) is 7.00. The molecule has 4 fully saturated rings. The third-order valence-electron chi connectivity index (χ3n) is 7.41. The molecule has 0 radical (unpaired) electrons. The van der Waals surface area contributed by atoms with Gasteiger partial charge < -0.3 is 4.90 Å². The Hall–Kier alpha value is -1.32. The van der Waals surface area contributed by atoms with Crippen LogP contribution in [0.5, 0.6) is 0 Å². The second-order valence-electron chi connectivity index (χ2n) is 8.94. The summed E-state index contributed by atoms with van der Waals surface area (Å²) >= 11 is 0. The number of aryl methyl sites for hydroxylation is 2. The van der Waals surface area contributed by atoms with Crippen molar-refractivity contribution in [1.29, 1.82) is 0 Å². The molecular weight excluding hydrogens is 298 g/mol. The van der Waals surface area contributed by atoms with Crippen molar-refractivity contribution in [3.63, 3.8) is 0 Å². The van der Waals surface area contributed by atoms with Crippen LogP contribution in [-0.4, -0.2) is 32.7 Å². The Bertz CT molecular complexity index is 654. The second kappa shape index (κ2) is 5.09. The molecule has 5 aliphatic rings. The fourth-order valence-corrected chi connectivity index (χ4v) is 7.00. The van der Waals surface area contributed by atoms with E-state index >= 15 is 0 Å². The SMILES string of the molecule is CCN(C(=O)c1c2c(nn1C)CCC2)C12CC3CC(CC(C3)C1)C2. The number of hydrogen-bond acceptors (Lipinski definition) is 2. The molecule has 24 heavy (non-hydrogen) atoms. The maximum Gasteiger partial charge on any atom is 0.272 e. The van der Waals surface area contributed by atoms with Gasteiger partial charge in [-0.25, -0.2) is 0 Å². The molecule has 0 spiro atoms. The highest BCUT2D eigenvalue weighted by Crippen LogP contribution is 2.58. The average molecular weight is 327 g/mol. The zero-order valence-electron chi connectivity index (χ0n) is 15.1. The summed E-state index contributed by atoms with van der Waals surface area (Å²) in [5.74, 6) is 2.87. The summed E-state index contributed by atoms with van der Waals surface area (Å²) in [5.41, 5.74) is 3.45. The Morgan fingerprint density at radius 2 is 1.79 bits per heavy atom. The number of carbonyl (C=O) groups is 1. The molecule has 1 aromatic heterocycles. The molecule has 4 heteroatoms. The van der Waals surface area contributed by atoms with Crippen molar-refractivity contribution in [1.82, 2.24) is 14.7 Å². The first-order chi connectivity index (χ1) is 11.6. The van der Waals surface area contributed by atoms with Crippen molar-refractivity contribution in [3.05, 3.63) is 17.0 Å². The first-order valence-electron chi connectivity index (χ1n) is 9.96. The van der Waals surface area contributed by atoms with Crippen molar-refractivity contribution in [3.8, 4) is 0 Å². The number of rotatable bonds is 3. The van der Waals surface area contributed by atoms with E-state index in [9.17, 15) is 4.79 Å². The summed E-state index contributed by atoms with van der Waals surface area (Å²) in [6, 6.07) is 0. The summed E-state index contributed by atoms with van der Waals surface area (Å²) < 4.78 is 1.87. The molecule has 1 amide bonds. The lowest BCUT2D eigenvalue weighted by atomic mass is 9.52. The topological polar surface area (TPSA) is 38.1 Å². The van der Waals surface area contributed by atoms with Gasteiger partial charge in [-0.3, -0.25) is 9.48 Å². The number of fused-ring (bicyclic) bond motifs is 1. The van der Waals surface area contributed by atoms with Crippen LogP contribution in [0.3, 0.4) is 0 Å². The molecular formula is C20H29N3O. The van der Waals surface area contributed by atoms with Gasteiger partial charge >= 0.3 is 0 Å². The van der Waals surface area contributed by atoms with Gasteiger partial charge in [0, 0.05) is 24.7 Å². The van der Waals surface area contributed by atoms with Gasteiger partial charge in [0.25, 0.3) is 5.91 Å². The monoisotopic (exact) mass is 327 g/mol. The Labute approximate surface area is 144 Å². The van der Waals surface area contributed by atoms with Gasteiger partial charge in [-0.1, -0.05) is 0 Å². The van der Waals surface area contributed by atoms with Crippen molar-refractivity contribution >= 4 is 5.91 Å². The van der Waals surface area contributed by atoms with E-state index in [-0.39, 0.29) is 11.4 Å². The zero-order valence-corrected chi connectivity index (χ0v) is 15.1. The highest BCUT2D eigenvalue weighted by atomic mass is 16.2. The number of hydrogen-bond donors (Lipinski definition) is 0. The molecule has 0 aromatic carbocycles. The maximum atomic E-state index is 13.6. The Morgan fingerprint density at radius 3 is 2.38 bits per heavy atom. The normalized spacial score (nSPS) is 36.2. The van der Waals surface area contributed by atoms with Gasteiger partial charge in [-0.15, -0.1) is 0 Å². The Kier molecular flexibility index (Phi) is 3.18. The van der Waals surface area contributed by atoms with Gasteiger partial charge in [0.2, 0.25) is 0 Å². The van der Waals surface area contributed by atoms with Crippen molar-refractivity contribution < 1.29 is 4.79 Å². The molecule has 4 saturated carbocycles. The third-order valence-corrected chi connectivity index (χ3v) is 7.41. The Balaban J connectivity index is 1.52. The zero-order chi connectivity index (χ0) is 16.5. The van der Waals surface area contributed by atoms with E-state index in [4.69, 9.17) is 0 Å². The fraction of sp³-hybridized carbons (Fsp3) is 0.800. The largest absolute Gasteiger partial charge is 0.332 e. The van der Waals surface area contributed by atoms with Crippen molar-refractivity contribution in [2.75, 3.05) is 6.54 Å². The van der Waals surface area contributed by atoms with Crippen LogP contribution in [0.25, 0.3) is 0 Å². The van der Waals surface area contributed by atoms with E-state index in [1.165, 1.54) is 49.8 Å². The van der Waals surface area contributed by atoms with Crippen molar-refractivity contribution in [2.45, 2.75) is 70.3 Å².